The van der Waals surface area contributed by atoms with Crippen LogP contribution in [0.1, 0.15) is 0 Å². The van der Waals surface area contributed by atoms with E-state index in [0.717, 1.165) is 22.4 Å². The van der Waals surface area contributed by atoms with Gasteiger partial charge in [0.2, 0.25) is 0 Å². The Labute approximate surface area is 112 Å². The van der Waals surface area contributed by atoms with Crippen LogP contribution in [-0.4, -0.2) is 9.97 Å². The van der Waals surface area contributed by atoms with E-state index in [-0.39, 0.29) is 24.8 Å². The van der Waals surface area contributed by atoms with Gasteiger partial charge in [-0.2, -0.15) is 0 Å². The van der Waals surface area contributed by atoms with Gasteiger partial charge in [-0.05, 0) is 12.1 Å². The number of aromatic amines is 1. The Hall–Kier alpha value is -1.51. The Morgan fingerprint density at radius 2 is 1.41 bits per heavy atom. The topological polar surface area (TPSA) is 28.7 Å². The molecule has 0 amide bonds. The van der Waals surface area contributed by atoms with E-state index in [1.54, 1.807) is 0 Å². The zero-order valence-electron chi connectivity index (χ0n) is 8.96. The van der Waals surface area contributed by atoms with Crippen LogP contribution in [0.4, 0.5) is 0 Å². The van der Waals surface area contributed by atoms with E-state index >= 15 is 0 Å². The summed E-state index contributed by atoms with van der Waals surface area (Å²) in [5, 5.41) is 0. The summed E-state index contributed by atoms with van der Waals surface area (Å²) >= 11 is 0. The summed E-state index contributed by atoms with van der Waals surface area (Å²) in [4.78, 5) is 7.83. The molecule has 2 nitrogen and oxygen atoms in total. The number of nitrogens with one attached hydrogen (secondary N) is 1. The van der Waals surface area contributed by atoms with E-state index in [0.29, 0.717) is 0 Å². The maximum Gasteiger partial charge on any atom is 0.138 e. The molecule has 0 aliphatic carbocycles. The van der Waals surface area contributed by atoms with Crippen molar-refractivity contribution in [3.05, 3.63) is 54.6 Å². The monoisotopic (exact) mass is 266 g/mol. The van der Waals surface area contributed by atoms with Crippen molar-refractivity contribution in [1.82, 2.24) is 9.97 Å². The van der Waals surface area contributed by atoms with Crippen LogP contribution in [-0.2, 0) is 0 Å². The molecule has 0 unspecified atom stereocenters. The first-order valence-corrected chi connectivity index (χ1v) is 4.94. The Bertz CT molecular complexity index is 557. The maximum absolute atomic E-state index is 4.53. The molecule has 0 saturated carbocycles. The fourth-order valence-corrected chi connectivity index (χ4v) is 1.69. The molecule has 4 heteroatoms. The minimum absolute atomic E-state index is 0. The third kappa shape index (κ3) is 2.60. The number of nitrogens with zero attached hydrogens (tertiary/aromatic N) is 1. The quantitative estimate of drug-likeness (QED) is 0.707. The first-order valence-electron chi connectivity index (χ1n) is 4.94. The van der Waals surface area contributed by atoms with Gasteiger partial charge < -0.3 is 4.98 Å². The minimum atomic E-state index is 0. The van der Waals surface area contributed by atoms with Crippen molar-refractivity contribution in [2.75, 3.05) is 0 Å². The molecule has 0 atom stereocenters. The van der Waals surface area contributed by atoms with E-state index in [9.17, 15) is 0 Å². The molecule has 17 heavy (non-hydrogen) atoms. The van der Waals surface area contributed by atoms with Crippen molar-refractivity contribution < 1.29 is 0 Å². The normalized spacial score (nSPS) is 9.41. The first-order chi connectivity index (χ1) is 7.43. The van der Waals surface area contributed by atoms with E-state index in [4.69, 9.17) is 0 Å². The molecule has 0 bridgehead atoms. The average molecular weight is 267 g/mol. The lowest BCUT2D eigenvalue weighted by Gasteiger charge is -1.93. The van der Waals surface area contributed by atoms with Crippen molar-refractivity contribution >= 4 is 35.8 Å². The molecule has 0 aliphatic rings. The summed E-state index contributed by atoms with van der Waals surface area (Å²) in [6, 6.07) is 18.2. The summed E-state index contributed by atoms with van der Waals surface area (Å²) < 4.78 is 0. The Kier molecular flexibility index (Phi) is 4.55. The van der Waals surface area contributed by atoms with Gasteiger partial charge in [0.1, 0.15) is 5.82 Å². The SMILES string of the molecule is Cl.Cl.c1ccc(-c2nc3ccccc3[nH]2)cc1. The Morgan fingerprint density at radius 1 is 0.765 bits per heavy atom. The molecule has 3 aromatic rings. The van der Waals surface area contributed by atoms with Crippen LogP contribution in [0.5, 0.6) is 0 Å². The number of aromatic nitrogens is 2. The van der Waals surface area contributed by atoms with Gasteiger partial charge in [-0.15, -0.1) is 24.8 Å². The van der Waals surface area contributed by atoms with Gasteiger partial charge in [0.25, 0.3) is 0 Å². The number of fused-ring (bicyclic) bond motifs is 1. The molecule has 0 fully saturated rings. The number of halogens is 2. The van der Waals surface area contributed by atoms with Crippen LogP contribution in [0.3, 0.4) is 0 Å². The summed E-state index contributed by atoms with van der Waals surface area (Å²) in [7, 11) is 0. The molecule has 1 aromatic heterocycles. The van der Waals surface area contributed by atoms with E-state index in [2.05, 4.69) is 22.1 Å². The molecular formula is C13H12Cl2N2. The van der Waals surface area contributed by atoms with Crippen molar-refractivity contribution in [3.8, 4) is 11.4 Å². The molecule has 88 valence electrons. The van der Waals surface area contributed by atoms with Crippen LogP contribution >= 0.6 is 24.8 Å². The van der Waals surface area contributed by atoms with Gasteiger partial charge in [0.05, 0.1) is 11.0 Å². The number of rotatable bonds is 1. The van der Waals surface area contributed by atoms with Gasteiger partial charge in [0, 0.05) is 5.56 Å². The highest BCUT2D eigenvalue weighted by Crippen LogP contribution is 2.19. The highest BCUT2D eigenvalue weighted by atomic mass is 35.5. The second kappa shape index (κ2) is 5.71. The zero-order valence-corrected chi connectivity index (χ0v) is 10.6. The van der Waals surface area contributed by atoms with Gasteiger partial charge in [-0.1, -0.05) is 42.5 Å². The average Bonchev–Trinajstić information content (AvgIpc) is 2.74. The lowest BCUT2D eigenvalue weighted by Crippen LogP contribution is -1.77. The molecule has 0 spiro atoms. The number of hydrogen-bond donors (Lipinski definition) is 1. The molecular weight excluding hydrogens is 255 g/mol. The van der Waals surface area contributed by atoms with Crippen LogP contribution < -0.4 is 0 Å². The minimum Gasteiger partial charge on any atom is -0.338 e. The Balaban J connectivity index is 0.000000722. The third-order valence-corrected chi connectivity index (χ3v) is 2.44. The van der Waals surface area contributed by atoms with Crippen LogP contribution in [0.2, 0.25) is 0 Å². The second-order valence-corrected chi connectivity index (χ2v) is 3.47. The number of H-pyrrole nitrogens is 1. The van der Waals surface area contributed by atoms with Crippen LogP contribution in [0.15, 0.2) is 54.6 Å². The number of benzene rings is 2. The molecule has 1 N–H and O–H groups in total. The number of para-hydroxylation sites is 2. The predicted octanol–water partition coefficient (Wildman–Crippen LogP) is 4.07. The Morgan fingerprint density at radius 3 is 2.12 bits per heavy atom. The molecule has 0 radical (unpaired) electrons. The van der Waals surface area contributed by atoms with Crippen molar-refractivity contribution in [3.63, 3.8) is 0 Å². The van der Waals surface area contributed by atoms with Gasteiger partial charge >= 0.3 is 0 Å². The van der Waals surface area contributed by atoms with Gasteiger partial charge in [-0.25, -0.2) is 4.98 Å². The van der Waals surface area contributed by atoms with E-state index in [1.165, 1.54) is 0 Å². The summed E-state index contributed by atoms with van der Waals surface area (Å²) in [6.07, 6.45) is 0. The highest BCUT2D eigenvalue weighted by Gasteiger charge is 2.02. The van der Waals surface area contributed by atoms with E-state index in [1.807, 2.05) is 42.5 Å². The van der Waals surface area contributed by atoms with Crippen molar-refractivity contribution in [2.24, 2.45) is 0 Å². The smallest absolute Gasteiger partial charge is 0.138 e. The predicted molar refractivity (Wildman–Crippen MR) is 76.0 cm³/mol. The van der Waals surface area contributed by atoms with Crippen LogP contribution in [0.25, 0.3) is 22.4 Å². The molecule has 0 saturated heterocycles. The third-order valence-electron chi connectivity index (χ3n) is 2.44. The standard InChI is InChI=1S/C13H10N2.2ClH/c1-2-6-10(7-3-1)13-14-11-8-4-5-9-12(11)15-13;;/h1-9H,(H,14,15);2*1H. The summed E-state index contributed by atoms with van der Waals surface area (Å²) in [5.74, 6) is 0.928. The maximum atomic E-state index is 4.53. The van der Waals surface area contributed by atoms with Gasteiger partial charge in [-0.3, -0.25) is 0 Å². The lowest BCUT2D eigenvalue weighted by molar-refractivity contribution is 1.34. The lowest BCUT2D eigenvalue weighted by atomic mass is 10.2. The zero-order chi connectivity index (χ0) is 10.1. The van der Waals surface area contributed by atoms with Crippen LogP contribution in [0, 0.1) is 0 Å². The molecule has 1 heterocycles. The summed E-state index contributed by atoms with van der Waals surface area (Å²) in [5.41, 5.74) is 3.21. The fraction of sp³-hybridized carbons (Fsp3) is 0. The molecule has 3 rings (SSSR count). The van der Waals surface area contributed by atoms with Crippen molar-refractivity contribution in [2.45, 2.75) is 0 Å². The van der Waals surface area contributed by atoms with E-state index < -0.39 is 0 Å². The molecule has 2 aromatic carbocycles. The summed E-state index contributed by atoms with van der Waals surface area (Å²) in [6.45, 7) is 0. The van der Waals surface area contributed by atoms with Gasteiger partial charge in [0.15, 0.2) is 0 Å². The molecule has 0 aliphatic heterocycles. The fourth-order valence-electron chi connectivity index (χ4n) is 1.69. The van der Waals surface area contributed by atoms with Crippen molar-refractivity contribution in [1.29, 1.82) is 0 Å². The highest BCUT2D eigenvalue weighted by molar-refractivity contribution is 5.85. The first kappa shape index (κ1) is 13.6. The largest absolute Gasteiger partial charge is 0.338 e. The number of imidazole rings is 1. The second-order valence-electron chi connectivity index (χ2n) is 3.47. The number of hydrogen-bond acceptors (Lipinski definition) is 1.